The molecule has 178 valence electrons. The number of hydrogen-bond acceptors (Lipinski definition) is 9. The molecule has 3 rings (SSSR count). The van der Waals surface area contributed by atoms with E-state index < -0.39 is 19.5 Å². The van der Waals surface area contributed by atoms with Gasteiger partial charge in [0, 0.05) is 0 Å². The molecule has 12 heteroatoms. The Morgan fingerprint density at radius 1 is 1.15 bits per heavy atom. The molecule has 1 unspecified atom stereocenters. The zero-order valence-electron chi connectivity index (χ0n) is 19.0. The number of benzene rings is 1. The monoisotopic (exact) mass is 476 g/mol. The molecule has 0 saturated heterocycles. The molecule has 2 aromatic heterocycles. The van der Waals surface area contributed by atoms with Gasteiger partial charge in [0.2, 0.25) is 0 Å². The summed E-state index contributed by atoms with van der Waals surface area (Å²) >= 11 is 0. The highest BCUT2D eigenvalue weighted by Crippen LogP contribution is 2.44. The van der Waals surface area contributed by atoms with Gasteiger partial charge < -0.3 is 24.3 Å². The van der Waals surface area contributed by atoms with Crippen molar-refractivity contribution in [2.75, 3.05) is 12.1 Å². The summed E-state index contributed by atoms with van der Waals surface area (Å²) in [5.74, 6) is 0.151. The van der Waals surface area contributed by atoms with E-state index >= 15 is 0 Å². The molecule has 0 fully saturated rings. The zero-order valence-corrected chi connectivity index (χ0v) is 19.9. The van der Waals surface area contributed by atoms with Crippen molar-refractivity contribution >= 4 is 30.5 Å². The van der Waals surface area contributed by atoms with E-state index in [1.165, 1.54) is 6.33 Å². The molecule has 11 nitrogen and oxygen atoms in total. The van der Waals surface area contributed by atoms with E-state index in [0.717, 1.165) is 0 Å². The van der Waals surface area contributed by atoms with Crippen molar-refractivity contribution in [1.29, 1.82) is 0 Å². The number of para-hydroxylation sites is 1. The SMILES string of the molecule is CC(C)OC(=O)[C@H](C)NP(=O)(CO[C@H](C)Cn1cnc2c(N)ncnc21)Oc1ccccc1. The maximum Gasteiger partial charge on any atom is 0.342 e. The van der Waals surface area contributed by atoms with Crippen LogP contribution in [-0.2, 0) is 25.4 Å². The summed E-state index contributed by atoms with van der Waals surface area (Å²) in [6.07, 6.45) is 2.01. The molecule has 0 spiro atoms. The summed E-state index contributed by atoms with van der Waals surface area (Å²) in [5.41, 5.74) is 6.91. The number of fused-ring (bicyclic) bond motifs is 1. The summed E-state index contributed by atoms with van der Waals surface area (Å²) in [4.78, 5) is 24.6. The van der Waals surface area contributed by atoms with E-state index in [0.29, 0.717) is 29.3 Å². The molecule has 0 aliphatic rings. The van der Waals surface area contributed by atoms with E-state index in [-0.39, 0.29) is 18.6 Å². The van der Waals surface area contributed by atoms with Crippen LogP contribution < -0.4 is 15.3 Å². The van der Waals surface area contributed by atoms with Gasteiger partial charge in [-0.3, -0.25) is 9.36 Å². The standard InChI is InChI=1S/C21H29N6O5P/c1-14(2)31-21(28)16(4)26-33(29,32-17-8-6-5-7-9-17)13-30-15(3)10-27-12-25-18-19(22)23-11-24-20(18)27/h5-9,11-12,14-16H,10,13H2,1-4H3,(H,26,29)(H2,22,23,24)/t15-,16+,33?/m1/s1. The van der Waals surface area contributed by atoms with Crippen LogP contribution in [0, 0.1) is 0 Å². The minimum Gasteiger partial charge on any atom is -0.462 e. The number of nitrogens with zero attached hydrogens (tertiary/aromatic N) is 4. The van der Waals surface area contributed by atoms with Crippen molar-refractivity contribution in [1.82, 2.24) is 24.6 Å². The number of hydrogen-bond donors (Lipinski definition) is 2. The highest BCUT2D eigenvalue weighted by atomic mass is 31.2. The Kier molecular flexibility index (Phi) is 8.01. The van der Waals surface area contributed by atoms with Gasteiger partial charge >= 0.3 is 13.5 Å². The van der Waals surface area contributed by atoms with Crippen LogP contribution in [-0.4, -0.2) is 50.1 Å². The van der Waals surface area contributed by atoms with Crippen molar-refractivity contribution < 1.29 is 23.4 Å². The van der Waals surface area contributed by atoms with Gasteiger partial charge in [-0.2, -0.15) is 0 Å². The molecule has 33 heavy (non-hydrogen) atoms. The number of nitrogens with two attached hydrogens (primary N) is 1. The Morgan fingerprint density at radius 2 is 1.88 bits per heavy atom. The van der Waals surface area contributed by atoms with Crippen LogP contribution in [0.15, 0.2) is 43.0 Å². The van der Waals surface area contributed by atoms with Gasteiger partial charge in [0.25, 0.3) is 0 Å². The fourth-order valence-corrected chi connectivity index (χ4v) is 4.80. The number of nitrogen functional groups attached to an aromatic ring is 1. The summed E-state index contributed by atoms with van der Waals surface area (Å²) in [6.45, 7) is 7.25. The summed E-state index contributed by atoms with van der Waals surface area (Å²) < 4.78 is 32.2. The van der Waals surface area contributed by atoms with E-state index in [1.54, 1.807) is 55.9 Å². The normalized spacial score (nSPS) is 15.2. The molecule has 0 bridgehead atoms. The molecule has 0 saturated carbocycles. The Morgan fingerprint density at radius 3 is 2.58 bits per heavy atom. The first-order valence-corrected chi connectivity index (χ1v) is 12.3. The lowest BCUT2D eigenvalue weighted by Crippen LogP contribution is -2.37. The third-order valence-corrected chi connectivity index (χ3v) is 6.28. The van der Waals surface area contributed by atoms with Gasteiger partial charge in [-0.25, -0.2) is 20.0 Å². The second-order valence-electron chi connectivity index (χ2n) is 7.85. The molecule has 2 heterocycles. The smallest absolute Gasteiger partial charge is 0.342 e. The molecule has 0 radical (unpaired) electrons. The number of rotatable bonds is 11. The molecule has 0 aliphatic heterocycles. The van der Waals surface area contributed by atoms with Crippen LogP contribution in [0.3, 0.4) is 0 Å². The number of esters is 1. The molecular formula is C21H29N6O5P. The van der Waals surface area contributed by atoms with Crippen LogP contribution in [0.2, 0.25) is 0 Å². The number of ether oxygens (including phenoxy) is 2. The fourth-order valence-electron chi connectivity index (χ4n) is 3.01. The van der Waals surface area contributed by atoms with Gasteiger partial charge in [-0.15, -0.1) is 0 Å². The van der Waals surface area contributed by atoms with Gasteiger partial charge in [0.1, 0.15) is 30.0 Å². The lowest BCUT2D eigenvalue weighted by atomic mass is 10.3. The Bertz CT molecular complexity index is 1120. The lowest BCUT2D eigenvalue weighted by molar-refractivity contribution is -0.149. The number of anilines is 1. The number of carbonyl (C=O) groups excluding carboxylic acids is 1. The largest absolute Gasteiger partial charge is 0.462 e. The van der Waals surface area contributed by atoms with Crippen LogP contribution in [0.25, 0.3) is 11.2 Å². The first-order chi connectivity index (χ1) is 15.7. The zero-order chi connectivity index (χ0) is 24.0. The van der Waals surface area contributed by atoms with E-state index in [2.05, 4.69) is 20.0 Å². The molecule has 0 amide bonds. The number of aromatic nitrogens is 4. The lowest BCUT2D eigenvalue weighted by Gasteiger charge is -2.25. The molecule has 3 N–H and O–H groups in total. The Balaban J connectivity index is 1.70. The first kappa shape index (κ1) is 24.6. The summed E-state index contributed by atoms with van der Waals surface area (Å²) in [6, 6.07) is 7.83. The molecule has 0 aliphatic carbocycles. The first-order valence-electron chi connectivity index (χ1n) is 10.5. The summed E-state index contributed by atoms with van der Waals surface area (Å²) in [7, 11) is -3.64. The topological polar surface area (TPSA) is 143 Å². The van der Waals surface area contributed by atoms with E-state index in [4.69, 9.17) is 19.7 Å². The highest BCUT2D eigenvalue weighted by molar-refractivity contribution is 7.57. The number of nitrogens with one attached hydrogen (secondary N) is 1. The van der Waals surface area contributed by atoms with Crippen molar-refractivity contribution in [3.8, 4) is 5.75 Å². The highest BCUT2D eigenvalue weighted by Gasteiger charge is 2.32. The molecule has 1 aromatic carbocycles. The summed E-state index contributed by atoms with van der Waals surface area (Å²) in [5, 5.41) is 2.78. The molecule has 3 atom stereocenters. The second-order valence-corrected chi connectivity index (χ2v) is 9.89. The van der Waals surface area contributed by atoms with Gasteiger partial charge in [0.05, 0.1) is 25.1 Å². The minimum atomic E-state index is -3.64. The predicted octanol–water partition coefficient (Wildman–Crippen LogP) is 2.97. The number of carbonyl (C=O) groups is 1. The van der Waals surface area contributed by atoms with Crippen LogP contribution in [0.4, 0.5) is 5.82 Å². The maximum absolute atomic E-state index is 13.6. The van der Waals surface area contributed by atoms with Gasteiger partial charge in [-0.05, 0) is 39.8 Å². The van der Waals surface area contributed by atoms with Gasteiger partial charge in [0.15, 0.2) is 11.5 Å². The third-order valence-electron chi connectivity index (χ3n) is 4.50. The minimum absolute atomic E-state index is 0.272. The van der Waals surface area contributed by atoms with Crippen molar-refractivity contribution in [2.24, 2.45) is 0 Å². The Hall–Kier alpha value is -3.01. The Labute approximate surface area is 192 Å². The predicted molar refractivity (Wildman–Crippen MR) is 124 cm³/mol. The third kappa shape index (κ3) is 6.74. The number of imidazole rings is 1. The van der Waals surface area contributed by atoms with Crippen molar-refractivity contribution in [3.05, 3.63) is 43.0 Å². The van der Waals surface area contributed by atoms with E-state index in [9.17, 15) is 9.36 Å². The van der Waals surface area contributed by atoms with Gasteiger partial charge in [-0.1, -0.05) is 18.2 Å². The van der Waals surface area contributed by atoms with Crippen LogP contribution >= 0.6 is 7.52 Å². The fraction of sp³-hybridized carbons (Fsp3) is 0.429. The van der Waals surface area contributed by atoms with Crippen molar-refractivity contribution in [3.63, 3.8) is 0 Å². The maximum atomic E-state index is 13.6. The second kappa shape index (κ2) is 10.7. The molecular weight excluding hydrogens is 447 g/mol. The molecule has 3 aromatic rings. The quantitative estimate of drug-likeness (QED) is 0.313. The average molecular weight is 476 g/mol. The van der Waals surface area contributed by atoms with Crippen LogP contribution in [0.5, 0.6) is 5.75 Å². The van der Waals surface area contributed by atoms with Crippen molar-refractivity contribution in [2.45, 2.75) is 52.5 Å². The average Bonchev–Trinajstić information content (AvgIpc) is 3.16. The van der Waals surface area contributed by atoms with E-state index in [1.807, 2.05) is 13.0 Å². The van der Waals surface area contributed by atoms with Crippen LogP contribution in [0.1, 0.15) is 27.7 Å².